The van der Waals surface area contributed by atoms with Crippen molar-refractivity contribution in [3.8, 4) is 23.0 Å². The van der Waals surface area contributed by atoms with Crippen molar-refractivity contribution in [1.82, 2.24) is 10.1 Å². The molecule has 5 heteroatoms. The SMILES string of the molecule is Cc1ccoc1-c1nc(-c2ccc(N)cc2)no1. The Hall–Kier alpha value is -2.56. The third kappa shape index (κ3) is 1.75. The van der Waals surface area contributed by atoms with E-state index in [0.717, 1.165) is 11.1 Å². The molecular weight excluding hydrogens is 230 g/mol. The minimum absolute atomic E-state index is 0.379. The summed E-state index contributed by atoms with van der Waals surface area (Å²) in [4.78, 5) is 4.30. The van der Waals surface area contributed by atoms with Crippen molar-refractivity contribution in [3.63, 3.8) is 0 Å². The molecule has 0 amide bonds. The molecule has 0 unspecified atom stereocenters. The molecule has 2 aromatic heterocycles. The lowest BCUT2D eigenvalue weighted by Gasteiger charge is -1.94. The van der Waals surface area contributed by atoms with Gasteiger partial charge in [-0.25, -0.2) is 0 Å². The van der Waals surface area contributed by atoms with Crippen LogP contribution >= 0.6 is 0 Å². The van der Waals surface area contributed by atoms with Crippen LogP contribution in [0.25, 0.3) is 23.0 Å². The number of nitrogen functional groups attached to an aromatic ring is 1. The van der Waals surface area contributed by atoms with Gasteiger partial charge in [0.2, 0.25) is 5.82 Å². The first-order chi connectivity index (χ1) is 8.74. The number of nitrogens with two attached hydrogens (primary N) is 1. The Morgan fingerprint density at radius 3 is 2.56 bits per heavy atom. The van der Waals surface area contributed by atoms with E-state index in [1.54, 1.807) is 18.4 Å². The maximum Gasteiger partial charge on any atom is 0.294 e. The van der Waals surface area contributed by atoms with Gasteiger partial charge in [-0.15, -0.1) is 0 Å². The van der Waals surface area contributed by atoms with Gasteiger partial charge >= 0.3 is 0 Å². The fourth-order valence-corrected chi connectivity index (χ4v) is 1.66. The van der Waals surface area contributed by atoms with Crippen molar-refractivity contribution in [2.45, 2.75) is 6.92 Å². The van der Waals surface area contributed by atoms with Gasteiger partial charge in [-0.3, -0.25) is 0 Å². The molecule has 0 radical (unpaired) electrons. The number of hydrogen-bond donors (Lipinski definition) is 1. The number of anilines is 1. The van der Waals surface area contributed by atoms with Crippen molar-refractivity contribution in [3.05, 3.63) is 42.2 Å². The third-order valence-corrected chi connectivity index (χ3v) is 2.65. The fraction of sp³-hybridized carbons (Fsp3) is 0.0769. The van der Waals surface area contributed by atoms with Gasteiger partial charge in [0.25, 0.3) is 5.89 Å². The Balaban J connectivity index is 1.99. The summed E-state index contributed by atoms with van der Waals surface area (Å²) >= 11 is 0. The van der Waals surface area contributed by atoms with Crippen molar-refractivity contribution in [2.75, 3.05) is 5.73 Å². The Kier molecular flexibility index (Phi) is 2.37. The molecule has 3 rings (SSSR count). The monoisotopic (exact) mass is 241 g/mol. The Labute approximate surface area is 103 Å². The first-order valence-corrected chi connectivity index (χ1v) is 5.48. The number of rotatable bonds is 2. The van der Waals surface area contributed by atoms with Gasteiger partial charge in [-0.2, -0.15) is 4.98 Å². The maximum atomic E-state index is 5.63. The molecule has 0 spiro atoms. The average Bonchev–Trinajstić information content (AvgIpc) is 2.98. The Morgan fingerprint density at radius 1 is 1.11 bits per heavy atom. The number of nitrogens with zero attached hydrogens (tertiary/aromatic N) is 2. The summed E-state index contributed by atoms with van der Waals surface area (Å²) in [5.41, 5.74) is 8.14. The molecule has 0 aliphatic rings. The van der Waals surface area contributed by atoms with Gasteiger partial charge in [0.05, 0.1) is 6.26 Å². The van der Waals surface area contributed by atoms with Crippen molar-refractivity contribution >= 4 is 5.69 Å². The molecule has 1 aromatic carbocycles. The predicted octanol–water partition coefficient (Wildman–Crippen LogP) is 2.89. The highest BCUT2D eigenvalue weighted by atomic mass is 16.5. The topological polar surface area (TPSA) is 78.1 Å². The molecule has 0 saturated heterocycles. The van der Waals surface area contributed by atoms with Crippen LogP contribution in [0.15, 0.2) is 45.5 Å². The van der Waals surface area contributed by atoms with Crippen molar-refractivity contribution in [2.24, 2.45) is 0 Å². The summed E-state index contributed by atoms with van der Waals surface area (Å²) in [6, 6.07) is 9.13. The van der Waals surface area contributed by atoms with E-state index in [0.29, 0.717) is 23.2 Å². The zero-order valence-corrected chi connectivity index (χ0v) is 9.75. The molecule has 2 N–H and O–H groups in total. The summed E-state index contributed by atoms with van der Waals surface area (Å²) < 4.78 is 10.5. The molecule has 5 nitrogen and oxygen atoms in total. The second-order valence-electron chi connectivity index (χ2n) is 3.98. The summed E-state index contributed by atoms with van der Waals surface area (Å²) in [7, 11) is 0. The summed E-state index contributed by atoms with van der Waals surface area (Å²) in [5.74, 6) is 1.49. The van der Waals surface area contributed by atoms with Gasteiger partial charge < -0.3 is 14.7 Å². The number of benzene rings is 1. The van der Waals surface area contributed by atoms with Crippen LogP contribution in [0.4, 0.5) is 5.69 Å². The van der Waals surface area contributed by atoms with E-state index in [4.69, 9.17) is 14.7 Å². The number of aromatic nitrogens is 2. The Morgan fingerprint density at radius 2 is 1.89 bits per heavy atom. The van der Waals surface area contributed by atoms with E-state index in [-0.39, 0.29) is 0 Å². The minimum atomic E-state index is 0.379. The number of hydrogen-bond acceptors (Lipinski definition) is 5. The highest BCUT2D eigenvalue weighted by Gasteiger charge is 2.14. The zero-order valence-electron chi connectivity index (χ0n) is 9.75. The first-order valence-electron chi connectivity index (χ1n) is 5.48. The average molecular weight is 241 g/mol. The van der Waals surface area contributed by atoms with Crippen LogP contribution in [0.2, 0.25) is 0 Å². The molecule has 3 aromatic rings. The maximum absolute atomic E-state index is 5.63. The zero-order chi connectivity index (χ0) is 12.5. The minimum Gasteiger partial charge on any atom is -0.459 e. The molecule has 0 bridgehead atoms. The molecule has 0 atom stereocenters. The largest absolute Gasteiger partial charge is 0.459 e. The van der Waals surface area contributed by atoms with E-state index in [1.165, 1.54) is 0 Å². The Bertz CT molecular complexity index is 668. The third-order valence-electron chi connectivity index (χ3n) is 2.65. The van der Waals surface area contributed by atoms with Crippen LogP contribution in [0.5, 0.6) is 0 Å². The lowest BCUT2D eigenvalue weighted by Crippen LogP contribution is -1.85. The summed E-state index contributed by atoms with van der Waals surface area (Å²) in [6.45, 7) is 1.92. The van der Waals surface area contributed by atoms with E-state index >= 15 is 0 Å². The molecule has 2 heterocycles. The van der Waals surface area contributed by atoms with E-state index in [1.807, 2.05) is 25.1 Å². The fourth-order valence-electron chi connectivity index (χ4n) is 1.66. The van der Waals surface area contributed by atoms with Gasteiger partial charge in [-0.1, -0.05) is 5.16 Å². The number of furan rings is 1. The quantitative estimate of drug-likeness (QED) is 0.698. The van der Waals surface area contributed by atoms with E-state index in [9.17, 15) is 0 Å². The molecule has 0 saturated carbocycles. The highest BCUT2D eigenvalue weighted by Crippen LogP contribution is 2.25. The van der Waals surface area contributed by atoms with Gasteiger partial charge in [0, 0.05) is 16.8 Å². The second kappa shape index (κ2) is 4.03. The first kappa shape index (κ1) is 10.6. The molecule has 0 aliphatic heterocycles. The van der Waals surface area contributed by atoms with Crippen LogP contribution < -0.4 is 5.73 Å². The molecule has 90 valence electrons. The van der Waals surface area contributed by atoms with Crippen molar-refractivity contribution < 1.29 is 8.94 Å². The molecule has 18 heavy (non-hydrogen) atoms. The summed E-state index contributed by atoms with van der Waals surface area (Å²) in [6.07, 6.45) is 1.59. The van der Waals surface area contributed by atoms with E-state index < -0.39 is 0 Å². The molecular formula is C13H11N3O2. The van der Waals surface area contributed by atoms with Crippen LogP contribution in [0, 0.1) is 6.92 Å². The molecule has 0 aliphatic carbocycles. The van der Waals surface area contributed by atoms with Gasteiger partial charge in [0.1, 0.15) is 0 Å². The number of aryl methyl sites for hydroxylation is 1. The van der Waals surface area contributed by atoms with Crippen LogP contribution in [0.3, 0.4) is 0 Å². The van der Waals surface area contributed by atoms with Gasteiger partial charge in [0.15, 0.2) is 5.76 Å². The predicted molar refractivity (Wildman–Crippen MR) is 66.6 cm³/mol. The normalized spacial score (nSPS) is 10.7. The van der Waals surface area contributed by atoms with Crippen LogP contribution in [0.1, 0.15) is 5.56 Å². The van der Waals surface area contributed by atoms with Gasteiger partial charge in [-0.05, 0) is 37.3 Å². The van der Waals surface area contributed by atoms with Crippen LogP contribution in [-0.4, -0.2) is 10.1 Å². The van der Waals surface area contributed by atoms with E-state index in [2.05, 4.69) is 10.1 Å². The summed E-state index contributed by atoms with van der Waals surface area (Å²) in [5, 5.41) is 3.93. The smallest absolute Gasteiger partial charge is 0.294 e. The standard InChI is InChI=1S/C13H11N3O2/c1-8-6-7-17-11(8)13-15-12(16-18-13)9-2-4-10(14)5-3-9/h2-7H,14H2,1H3. The second-order valence-corrected chi connectivity index (χ2v) is 3.98. The highest BCUT2D eigenvalue weighted by molar-refractivity contribution is 5.60. The van der Waals surface area contributed by atoms with Crippen molar-refractivity contribution in [1.29, 1.82) is 0 Å². The molecule has 0 fully saturated rings. The van der Waals surface area contributed by atoms with Crippen LogP contribution in [-0.2, 0) is 0 Å². The lowest BCUT2D eigenvalue weighted by molar-refractivity contribution is 0.416. The lowest BCUT2D eigenvalue weighted by atomic mass is 10.2.